The molecule has 2 rings (SSSR count). The van der Waals surface area contributed by atoms with Gasteiger partial charge in [0.25, 0.3) is 5.91 Å². The molecule has 124 valence electrons. The summed E-state index contributed by atoms with van der Waals surface area (Å²) >= 11 is 0. The van der Waals surface area contributed by atoms with Gasteiger partial charge in [0.1, 0.15) is 0 Å². The molecule has 0 spiro atoms. The Labute approximate surface area is 135 Å². The Kier molecular flexibility index (Phi) is 4.75. The molecule has 0 radical (unpaired) electrons. The lowest BCUT2D eigenvalue weighted by Crippen LogP contribution is -2.46. The summed E-state index contributed by atoms with van der Waals surface area (Å²) < 4.78 is 6.96. The normalized spacial score (nSPS) is 12.9. The molecule has 0 aliphatic carbocycles. The molecule has 1 aromatic carbocycles. The molecular formula is C17H22N2O4. The van der Waals surface area contributed by atoms with Crippen molar-refractivity contribution >= 4 is 22.8 Å². The third-order valence-electron chi connectivity index (χ3n) is 3.70. The number of aryl methyl sites for hydroxylation is 1. The number of ether oxygens (including phenoxy) is 1. The minimum Gasteiger partial charge on any atom is -0.450 e. The van der Waals surface area contributed by atoms with Crippen molar-refractivity contribution in [2.45, 2.75) is 32.5 Å². The molecule has 2 N–H and O–H groups in total. The van der Waals surface area contributed by atoms with Gasteiger partial charge in [0.15, 0.2) is 5.60 Å². The van der Waals surface area contributed by atoms with Gasteiger partial charge in [-0.3, -0.25) is 9.59 Å². The second-order valence-electron chi connectivity index (χ2n) is 6.07. The number of aromatic nitrogens is 1. The Morgan fingerprint density at radius 1 is 1.35 bits per heavy atom. The minimum atomic E-state index is -1.27. The summed E-state index contributed by atoms with van der Waals surface area (Å²) in [5.74, 6) is -0.979. The van der Waals surface area contributed by atoms with Gasteiger partial charge in [0, 0.05) is 32.2 Å². The summed E-state index contributed by atoms with van der Waals surface area (Å²) in [5, 5.41) is 13.9. The predicted molar refractivity (Wildman–Crippen MR) is 86.7 cm³/mol. The second kappa shape index (κ2) is 6.42. The molecule has 6 nitrogen and oxygen atoms in total. The Bertz CT molecular complexity index is 733. The number of aliphatic hydroxyl groups excluding tert-OH is 1. The smallest absolute Gasteiger partial charge is 0.303 e. The number of aliphatic hydroxyl groups is 1. The largest absolute Gasteiger partial charge is 0.450 e. The van der Waals surface area contributed by atoms with Crippen LogP contribution in [0.5, 0.6) is 0 Å². The fourth-order valence-corrected chi connectivity index (χ4v) is 2.43. The van der Waals surface area contributed by atoms with Crippen molar-refractivity contribution in [3.63, 3.8) is 0 Å². The molecule has 6 heteroatoms. The average Bonchev–Trinajstić information content (AvgIpc) is 2.84. The Morgan fingerprint density at radius 2 is 2.04 bits per heavy atom. The summed E-state index contributed by atoms with van der Waals surface area (Å²) in [6.45, 7) is 4.30. The zero-order valence-corrected chi connectivity index (χ0v) is 13.8. The molecule has 0 saturated carbocycles. The lowest BCUT2D eigenvalue weighted by atomic mass is 10.1. The first kappa shape index (κ1) is 17.0. The highest BCUT2D eigenvalue weighted by molar-refractivity contribution is 5.86. The third kappa shape index (κ3) is 3.90. The van der Waals surface area contributed by atoms with Crippen molar-refractivity contribution in [2.75, 3.05) is 6.54 Å². The molecule has 1 heterocycles. The summed E-state index contributed by atoms with van der Waals surface area (Å²) in [6, 6.07) is 7.62. The molecule has 1 unspecified atom stereocenters. The molecule has 2 aromatic rings. The number of esters is 1. The van der Waals surface area contributed by atoms with Crippen molar-refractivity contribution in [1.29, 1.82) is 0 Å². The molecule has 1 atom stereocenters. The van der Waals surface area contributed by atoms with Crippen LogP contribution in [0.25, 0.3) is 10.9 Å². The number of hydrogen-bond donors (Lipinski definition) is 2. The van der Waals surface area contributed by atoms with Gasteiger partial charge in [-0.25, -0.2) is 0 Å². The number of fused-ring (bicyclic) bond motifs is 1. The standard InChI is InChI=1S/C17H22N2O4/c1-11(20)23-17(2,3)16(22)18-10-15(21)13-5-6-14-12(9-13)7-8-19(14)4/h5-9,15,21H,10H2,1-4H3,(H,18,22). The first-order chi connectivity index (χ1) is 10.7. The number of nitrogens with zero attached hydrogens (tertiary/aromatic N) is 1. The number of carbonyl (C=O) groups excluding carboxylic acids is 2. The van der Waals surface area contributed by atoms with Gasteiger partial charge in [-0.2, -0.15) is 0 Å². The van der Waals surface area contributed by atoms with Crippen LogP contribution in [0.15, 0.2) is 30.5 Å². The Morgan fingerprint density at radius 3 is 2.70 bits per heavy atom. The molecular weight excluding hydrogens is 296 g/mol. The summed E-state index contributed by atoms with van der Waals surface area (Å²) in [5.41, 5.74) is 0.518. The van der Waals surface area contributed by atoms with Crippen LogP contribution in [0.1, 0.15) is 32.4 Å². The maximum atomic E-state index is 12.0. The zero-order valence-electron chi connectivity index (χ0n) is 13.8. The molecule has 23 heavy (non-hydrogen) atoms. The van der Waals surface area contributed by atoms with Crippen molar-refractivity contribution in [2.24, 2.45) is 7.05 Å². The van der Waals surface area contributed by atoms with Gasteiger partial charge in [-0.1, -0.05) is 6.07 Å². The summed E-state index contributed by atoms with van der Waals surface area (Å²) in [4.78, 5) is 23.0. The van der Waals surface area contributed by atoms with Crippen LogP contribution in [0.4, 0.5) is 0 Å². The van der Waals surface area contributed by atoms with E-state index in [2.05, 4.69) is 5.32 Å². The SMILES string of the molecule is CC(=O)OC(C)(C)C(=O)NCC(O)c1ccc2c(ccn2C)c1. The fraction of sp³-hybridized carbons (Fsp3) is 0.412. The van der Waals surface area contributed by atoms with E-state index in [9.17, 15) is 14.7 Å². The first-order valence-electron chi connectivity index (χ1n) is 7.41. The van der Waals surface area contributed by atoms with Gasteiger partial charge in [-0.15, -0.1) is 0 Å². The fourth-order valence-electron chi connectivity index (χ4n) is 2.43. The highest BCUT2D eigenvalue weighted by atomic mass is 16.6. The predicted octanol–water partition coefficient (Wildman–Crippen LogP) is 1.67. The lowest BCUT2D eigenvalue weighted by Gasteiger charge is -2.24. The highest BCUT2D eigenvalue weighted by Crippen LogP contribution is 2.21. The van der Waals surface area contributed by atoms with Crippen LogP contribution < -0.4 is 5.32 Å². The quantitative estimate of drug-likeness (QED) is 0.822. The van der Waals surface area contributed by atoms with E-state index in [1.807, 2.05) is 42.1 Å². The van der Waals surface area contributed by atoms with Crippen LogP contribution in [-0.4, -0.2) is 33.7 Å². The summed E-state index contributed by atoms with van der Waals surface area (Å²) in [7, 11) is 1.95. The number of rotatable bonds is 5. The molecule has 0 saturated heterocycles. The van der Waals surface area contributed by atoms with E-state index >= 15 is 0 Å². The molecule has 0 bridgehead atoms. The van der Waals surface area contributed by atoms with Crippen molar-refractivity contribution < 1.29 is 19.4 Å². The van der Waals surface area contributed by atoms with E-state index in [0.717, 1.165) is 10.9 Å². The van der Waals surface area contributed by atoms with E-state index in [4.69, 9.17) is 4.74 Å². The number of nitrogens with one attached hydrogen (secondary N) is 1. The van der Waals surface area contributed by atoms with Gasteiger partial charge in [0.2, 0.25) is 0 Å². The Hall–Kier alpha value is -2.34. The van der Waals surface area contributed by atoms with Crippen LogP contribution in [0.2, 0.25) is 0 Å². The van der Waals surface area contributed by atoms with Gasteiger partial charge < -0.3 is 19.7 Å². The van der Waals surface area contributed by atoms with Gasteiger partial charge in [-0.05, 0) is 43.0 Å². The van der Waals surface area contributed by atoms with Crippen molar-refractivity contribution in [3.8, 4) is 0 Å². The number of amides is 1. The van der Waals surface area contributed by atoms with Crippen LogP contribution >= 0.6 is 0 Å². The number of hydrogen-bond acceptors (Lipinski definition) is 4. The molecule has 1 aromatic heterocycles. The number of carbonyl (C=O) groups is 2. The topological polar surface area (TPSA) is 80.6 Å². The molecule has 0 aliphatic rings. The van der Waals surface area contributed by atoms with E-state index in [0.29, 0.717) is 5.56 Å². The van der Waals surface area contributed by atoms with E-state index in [-0.39, 0.29) is 6.54 Å². The third-order valence-corrected chi connectivity index (χ3v) is 3.70. The Balaban J connectivity index is 2.01. The molecule has 0 fully saturated rings. The molecule has 1 amide bonds. The second-order valence-corrected chi connectivity index (χ2v) is 6.07. The molecule has 0 aliphatic heterocycles. The van der Waals surface area contributed by atoms with Crippen LogP contribution in [-0.2, 0) is 21.4 Å². The van der Waals surface area contributed by atoms with Crippen LogP contribution in [0.3, 0.4) is 0 Å². The average molecular weight is 318 g/mol. The van der Waals surface area contributed by atoms with Gasteiger partial charge in [0.05, 0.1) is 6.10 Å². The highest BCUT2D eigenvalue weighted by Gasteiger charge is 2.31. The van der Waals surface area contributed by atoms with E-state index < -0.39 is 23.6 Å². The number of benzene rings is 1. The summed E-state index contributed by atoms with van der Waals surface area (Å²) in [6.07, 6.45) is 1.11. The first-order valence-corrected chi connectivity index (χ1v) is 7.41. The van der Waals surface area contributed by atoms with E-state index in [1.165, 1.54) is 20.8 Å². The lowest BCUT2D eigenvalue weighted by molar-refractivity contribution is -0.163. The van der Waals surface area contributed by atoms with E-state index in [1.54, 1.807) is 0 Å². The van der Waals surface area contributed by atoms with Crippen molar-refractivity contribution in [1.82, 2.24) is 9.88 Å². The monoisotopic (exact) mass is 318 g/mol. The van der Waals surface area contributed by atoms with Crippen LogP contribution in [0, 0.1) is 0 Å². The maximum absolute atomic E-state index is 12.0. The van der Waals surface area contributed by atoms with Crippen molar-refractivity contribution in [3.05, 3.63) is 36.0 Å². The van der Waals surface area contributed by atoms with Gasteiger partial charge >= 0.3 is 5.97 Å². The minimum absolute atomic E-state index is 0.0435. The zero-order chi connectivity index (χ0) is 17.2. The maximum Gasteiger partial charge on any atom is 0.303 e.